The quantitative estimate of drug-likeness (QED) is 0.730. The molecule has 0 saturated heterocycles. The Kier molecular flexibility index (Phi) is 3.34. The maximum Gasteiger partial charge on any atom is 0.104 e. The third-order valence-corrected chi connectivity index (χ3v) is 4.78. The first-order valence-electron chi connectivity index (χ1n) is 5.72. The van der Waals surface area contributed by atoms with Crippen LogP contribution < -0.4 is 0 Å². The predicted molar refractivity (Wildman–Crippen MR) is 77.8 cm³/mol. The Hall–Kier alpha value is -1.33. The average molecular weight is 275 g/mol. The second kappa shape index (κ2) is 5.12. The van der Waals surface area contributed by atoms with E-state index in [-0.39, 0.29) is 0 Å². The van der Waals surface area contributed by atoms with Gasteiger partial charge in [0, 0.05) is 24.8 Å². The summed E-state index contributed by atoms with van der Waals surface area (Å²) in [5, 5.41) is 5.56. The van der Waals surface area contributed by atoms with Crippen molar-refractivity contribution in [3.05, 3.63) is 47.2 Å². The third-order valence-electron chi connectivity index (χ3n) is 2.58. The van der Waals surface area contributed by atoms with Crippen LogP contribution in [-0.4, -0.2) is 14.8 Å². The van der Waals surface area contributed by atoms with Crippen molar-refractivity contribution < 1.29 is 0 Å². The molecule has 3 nitrogen and oxygen atoms in total. The summed E-state index contributed by atoms with van der Waals surface area (Å²) in [5.41, 5.74) is 2.24. The molecular formula is C13H13N3S2. The number of aromatic nitrogens is 3. The zero-order valence-electron chi connectivity index (χ0n) is 10.0. The number of hydrogen-bond acceptors (Lipinski definition) is 4. The van der Waals surface area contributed by atoms with Crippen molar-refractivity contribution in [3.63, 3.8) is 0 Å². The fraction of sp³-hybridized carbons (Fsp3) is 0.231. The molecule has 92 valence electrons. The Labute approximate surface area is 114 Å². The average Bonchev–Trinajstić information content (AvgIpc) is 2.95. The summed E-state index contributed by atoms with van der Waals surface area (Å²) >= 11 is 3.64. The van der Waals surface area contributed by atoms with Crippen LogP contribution in [0, 0.1) is 0 Å². The van der Waals surface area contributed by atoms with Gasteiger partial charge in [-0.1, -0.05) is 12.1 Å². The highest BCUT2D eigenvalue weighted by molar-refractivity contribution is 7.97. The summed E-state index contributed by atoms with van der Waals surface area (Å²) in [7, 11) is 1.95. The molecule has 18 heavy (non-hydrogen) atoms. The number of aryl methyl sites for hydroxylation is 1. The van der Waals surface area contributed by atoms with E-state index < -0.39 is 0 Å². The molecule has 0 spiro atoms. The summed E-state index contributed by atoms with van der Waals surface area (Å²) < 4.78 is 3.11. The lowest BCUT2D eigenvalue weighted by Crippen LogP contribution is -1.89. The molecule has 3 rings (SSSR count). The van der Waals surface area contributed by atoms with Crippen molar-refractivity contribution in [2.75, 3.05) is 0 Å². The van der Waals surface area contributed by atoms with E-state index in [1.165, 1.54) is 9.71 Å². The van der Waals surface area contributed by atoms with E-state index in [0.717, 1.165) is 22.7 Å². The van der Waals surface area contributed by atoms with Gasteiger partial charge in [0.25, 0.3) is 0 Å². The number of rotatable bonds is 4. The Balaban J connectivity index is 1.62. The second-order valence-electron chi connectivity index (χ2n) is 4.05. The van der Waals surface area contributed by atoms with Gasteiger partial charge in [0.2, 0.25) is 0 Å². The van der Waals surface area contributed by atoms with Crippen molar-refractivity contribution >= 4 is 33.3 Å². The molecule has 3 aromatic rings. The monoisotopic (exact) mass is 275 g/mol. The lowest BCUT2D eigenvalue weighted by molar-refractivity contribution is 0.755. The van der Waals surface area contributed by atoms with Gasteiger partial charge in [0.1, 0.15) is 5.01 Å². The number of thioether (sulfide) groups is 1. The molecule has 0 N–H and O–H groups in total. The minimum absolute atomic E-state index is 0.941. The summed E-state index contributed by atoms with van der Waals surface area (Å²) in [4.78, 5) is 4.62. The van der Waals surface area contributed by atoms with E-state index in [4.69, 9.17) is 0 Å². The number of para-hydroxylation sites is 1. The molecule has 0 bridgehead atoms. The molecule has 1 aromatic carbocycles. The van der Waals surface area contributed by atoms with Crippen LogP contribution in [0.1, 0.15) is 10.7 Å². The smallest absolute Gasteiger partial charge is 0.104 e. The van der Waals surface area contributed by atoms with Crippen LogP contribution in [-0.2, 0) is 18.6 Å². The fourth-order valence-electron chi connectivity index (χ4n) is 1.76. The lowest BCUT2D eigenvalue weighted by Gasteiger charge is -1.95. The van der Waals surface area contributed by atoms with Crippen LogP contribution in [0.2, 0.25) is 0 Å². The zero-order valence-corrected chi connectivity index (χ0v) is 11.7. The van der Waals surface area contributed by atoms with Crippen molar-refractivity contribution in [1.29, 1.82) is 0 Å². The van der Waals surface area contributed by atoms with Gasteiger partial charge in [-0.05, 0) is 18.2 Å². The minimum atomic E-state index is 0.941. The Morgan fingerprint density at radius 1 is 1.22 bits per heavy atom. The van der Waals surface area contributed by atoms with Crippen LogP contribution >= 0.6 is 23.1 Å². The van der Waals surface area contributed by atoms with Crippen LogP contribution in [0.3, 0.4) is 0 Å². The van der Waals surface area contributed by atoms with Gasteiger partial charge < -0.3 is 0 Å². The molecule has 0 amide bonds. The zero-order chi connectivity index (χ0) is 12.4. The molecule has 0 aliphatic carbocycles. The van der Waals surface area contributed by atoms with Gasteiger partial charge >= 0.3 is 0 Å². The van der Waals surface area contributed by atoms with Crippen LogP contribution in [0.4, 0.5) is 0 Å². The maximum absolute atomic E-state index is 4.62. The normalized spacial score (nSPS) is 11.2. The first kappa shape index (κ1) is 11.7. The van der Waals surface area contributed by atoms with Gasteiger partial charge in [-0.2, -0.15) is 5.10 Å². The third kappa shape index (κ3) is 2.57. The molecule has 0 saturated carbocycles. The highest BCUT2D eigenvalue weighted by Crippen LogP contribution is 2.25. The predicted octanol–water partition coefficient (Wildman–Crippen LogP) is 3.46. The molecule has 0 unspecified atom stereocenters. The van der Waals surface area contributed by atoms with E-state index in [1.54, 1.807) is 11.3 Å². The standard InChI is InChI=1S/C13H13N3S2/c1-16-7-6-10(15-16)8-17-9-13-14-11-4-2-3-5-12(11)18-13/h2-7H,8-9H2,1H3. The molecule has 0 atom stereocenters. The summed E-state index contributed by atoms with van der Waals surface area (Å²) in [5.74, 6) is 1.90. The van der Waals surface area contributed by atoms with Gasteiger partial charge in [-0.15, -0.1) is 23.1 Å². The van der Waals surface area contributed by atoms with Gasteiger partial charge in [-0.3, -0.25) is 4.68 Å². The van der Waals surface area contributed by atoms with Crippen molar-refractivity contribution in [2.24, 2.45) is 7.05 Å². The number of nitrogens with zero attached hydrogens (tertiary/aromatic N) is 3. The molecular weight excluding hydrogens is 262 g/mol. The Bertz CT molecular complexity index is 624. The Morgan fingerprint density at radius 2 is 2.11 bits per heavy atom. The van der Waals surface area contributed by atoms with E-state index in [9.17, 15) is 0 Å². The summed E-state index contributed by atoms with van der Waals surface area (Å²) in [6, 6.07) is 10.3. The van der Waals surface area contributed by atoms with Crippen molar-refractivity contribution in [2.45, 2.75) is 11.5 Å². The molecule has 2 heterocycles. The summed E-state index contributed by atoms with van der Waals surface area (Å²) in [6.07, 6.45) is 1.98. The summed E-state index contributed by atoms with van der Waals surface area (Å²) in [6.45, 7) is 0. The molecule has 2 aromatic heterocycles. The Morgan fingerprint density at radius 3 is 2.89 bits per heavy atom. The van der Waals surface area contributed by atoms with Crippen LogP contribution in [0.15, 0.2) is 36.5 Å². The van der Waals surface area contributed by atoms with Crippen LogP contribution in [0.25, 0.3) is 10.2 Å². The van der Waals surface area contributed by atoms with Gasteiger partial charge in [-0.25, -0.2) is 4.98 Å². The topological polar surface area (TPSA) is 30.7 Å². The SMILES string of the molecule is Cn1ccc(CSCc2nc3ccccc3s2)n1. The van der Waals surface area contributed by atoms with E-state index in [0.29, 0.717) is 0 Å². The fourth-order valence-corrected chi connectivity index (χ4v) is 3.72. The van der Waals surface area contributed by atoms with Gasteiger partial charge in [0.05, 0.1) is 15.9 Å². The maximum atomic E-state index is 4.62. The van der Waals surface area contributed by atoms with Crippen molar-refractivity contribution in [3.8, 4) is 0 Å². The molecule has 5 heteroatoms. The highest BCUT2D eigenvalue weighted by atomic mass is 32.2. The highest BCUT2D eigenvalue weighted by Gasteiger charge is 2.04. The molecule has 0 aliphatic heterocycles. The largest absolute Gasteiger partial charge is 0.276 e. The van der Waals surface area contributed by atoms with E-state index in [2.05, 4.69) is 34.3 Å². The second-order valence-corrected chi connectivity index (χ2v) is 6.15. The molecule has 0 aliphatic rings. The van der Waals surface area contributed by atoms with E-state index >= 15 is 0 Å². The first-order valence-corrected chi connectivity index (χ1v) is 7.69. The molecule has 0 radical (unpaired) electrons. The van der Waals surface area contributed by atoms with Gasteiger partial charge in [0.15, 0.2) is 0 Å². The number of benzene rings is 1. The minimum Gasteiger partial charge on any atom is -0.276 e. The van der Waals surface area contributed by atoms with Crippen molar-refractivity contribution in [1.82, 2.24) is 14.8 Å². The van der Waals surface area contributed by atoms with Crippen LogP contribution in [0.5, 0.6) is 0 Å². The lowest BCUT2D eigenvalue weighted by atomic mass is 10.3. The number of hydrogen-bond donors (Lipinski definition) is 0. The first-order chi connectivity index (χ1) is 8.81. The number of thiazole rings is 1. The number of fused-ring (bicyclic) bond motifs is 1. The molecule has 0 fully saturated rings. The van der Waals surface area contributed by atoms with E-state index in [1.807, 2.05) is 35.8 Å².